The Hall–Kier alpha value is -3.99. The van der Waals surface area contributed by atoms with Crippen molar-refractivity contribution in [3.05, 3.63) is 70.9 Å². The zero-order valence-electron chi connectivity index (χ0n) is 23.6. The van der Waals surface area contributed by atoms with Gasteiger partial charge in [0, 0.05) is 38.8 Å². The third-order valence-corrected chi connectivity index (χ3v) is 6.54. The first kappa shape index (κ1) is 29.0. The van der Waals surface area contributed by atoms with Crippen LogP contribution in [0.4, 0.5) is 18.9 Å². The normalized spacial score (nSPS) is 11.8. The number of pyridine rings is 2. The third kappa shape index (κ3) is 6.95. The predicted octanol–water partition coefficient (Wildman–Crippen LogP) is 5.00. The fourth-order valence-electron chi connectivity index (χ4n) is 4.46. The van der Waals surface area contributed by atoms with Crippen LogP contribution in [-0.4, -0.2) is 75.6 Å². The summed E-state index contributed by atoms with van der Waals surface area (Å²) in [5.41, 5.74) is 5.38. The molecule has 11 heteroatoms. The zero-order valence-corrected chi connectivity index (χ0v) is 23.6. The lowest BCUT2D eigenvalue weighted by Crippen LogP contribution is -2.27. The maximum absolute atomic E-state index is 13.7. The molecule has 0 bridgehead atoms. The molecule has 1 N–H and O–H groups in total. The summed E-state index contributed by atoms with van der Waals surface area (Å²) in [6, 6.07) is 11.3. The van der Waals surface area contributed by atoms with Crippen molar-refractivity contribution < 1.29 is 18.0 Å². The van der Waals surface area contributed by atoms with E-state index in [1.165, 1.54) is 22.7 Å². The molecule has 0 atom stereocenters. The van der Waals surface area contributed by atoms with E-state index in [1.54, 1.807) is 13.1 Å². The van der Waals surface area contributed by atoms with E-state index in [4.69, 9.17) is 9.97 Å². The molecular weight excluding hydrogens is 519 g/mol. The van der Waals surface area contributed by atoms with E-state index in [1.807, 2.05) is 58.3 Å². The molecule has 0 fully saturated rings. The van der Waals surface area contributed by atoms with Gasteiger partial charge in [-0.2, -0.15) is 13.2 Å². The van der Waals surface area contributed by atoms with E-state index in [0.717, 1.165) is 30.0 Å². The van der Waals surface area contributed by atoms with Gasteiger partial charge in [0.05, 0.1) is 46.1 Å². The van der Waals surface area contributed by atoms with Crippen LogP contribution in [0.5, 0.6) is 0 Å². The summed E-state index contributed by atoms with van der Waals surface area (Å²) in [6.45, 7) is 5.58. The van der Waals surface area contributed by atoms with Gasteiger partial charge in [-0.25, -0.2) is 15.0 Å². The second-order valence-electron chi connectivity index (χ2n) is 10.3. The number of benzene rings is 1. The van der Waals surface area contributed by atoms with Gasteiger partial charge in [0.2, 0.25) is 0 Å². The molecule has 0 aliphatic heterocycles. The van der Waals surface area contributed by atoms with E-state index < -0.39 is 12.6 Å². The molecule has 0 saturated carbocycles. The van der Waals surface area contributed by atoms with Gasteiger partial charge >= 0.3 is 6.18 Å². The number of hydrogen-bond acceptors (Lipinski definition) is 6. The van der Waals surface area contributed by atoms with Crippen molar-refractivity contribution in [2.24, 2.45) is 7.05 Å². The third-order valence-electron chi connectivity index (χ3n) is 6.54. The fourth-order valence-corrected chi connectivity index (χ4v) is 4.46. The molecule has 4 aromatic rings. The molecule has 8 nitrogen and oxygen atoms in total. The van der Waals surface area contributed by atoms with Crippen LogP contribution in [-0.2, 0) is 20.0 Å². The predicted molar refractivity (Wildman–Crippen MR) is 150 cm³/mol. The number of carbonyl (C=O) groups excluding carboxylic acids is 1. The number of nitrogens with one attached hydrogen (secondary N) is 1. The Balaban J connectivity index is 1.65. The van der Waals surface area contributed by atoms with E-state index in [0.29, 0.717) is 33.5 Å². The van der Waals surface area contributed by atoms with Crippen LogP contribution in [0.25, 0.3) is 22.3 Å². The largest absolute Gasteiger partial charge is 0.396 e. The van der Waals surface area contributed by atoms with E-state index in [2.05, 4.69) is 15.2 Å². The summed E-state index contributed by atoms with van der Waals surface area (Å²) in [6.07, 6.45) is -3.98. The second-order valence-corrected chi connectivity index (χ2v) is 10.3. The Kier molecular flexibility index (Phi) is 8.43. The minimum Gasteiger partial charge on any atom is -0.382 e. The Morgan fingerprint density at radius 1 is 1.00 bits per heavy atom. The van der Waals surface area contributed by atoms with Crippen LogP contribution in [0.3, 0.4) is 0 Å². The fraction of sp³-hybridized carbons (Fsp3) is 0.379. The van der Waals surface area contributed by atoms with E-state index in [-0.39, 0.29) is 18.3 Å². The number of rotatable bonds is 9. The number of nitrogens with zero attached hydrogens (tertiary/aromatic N) is 6. The van der Waals surface area contributed by atoms with Crippen LogP contribution < -0.4 is 5.32 Å². The van der Waals surface area contributed by atoms with Crippen LogP contribution in [0, 0.1) is 13.8 Å². The highest BCUT2D eigenvalue weighted by atomic mass is 19.4. The van der Waals surface area contributed by atoms with Crippen LogP contribution in [0.15, 0.2) is 42.6 Å². The molecule has 212 valence electrons. The lowest BCUT2D eigenvalue weighted by Gasteiger charge is -2.18. The smallest absolute Gasteiger partial charge is 0.382 e. The number of aryl methyl sites for hydroxylation is 3. The van der Waals surface area contributed by atoms with Crippen molar-refractivity contribution in [1.82, 2.24) is 29.3 Å². The first-order chi connectivity index (χ1) is 18.8. The Bertz CT molecular complexity index is 1530. The minimum atomic E-state index is -4.37. The van der Waals surface area contributed by atoms with Crippen molar-refractivity contribution in [2.75, 3.05) is 39.5 Å². The number of fused-ring (bicyclic) bond motifs is 1. The first-order valence-corrected chi connectivity index (χ1v) is 12.9. The number of hydrogen-bond donors (Lipinski definition) is 1. The zero-order chi connectivity index (χ0) is 29.2. The van der Waals surface area contributed by atoms with Crippen molar-refractivity contribution in [3.8, 4) is 11.4 Å². The molecule has 0 aliphatic rings. The number of carbonyl (C=O) groups is 1. The Morgan fingerprint density at radius 3 is 2.42 bits per heavy atom. The summed E-state index contributed by atoms with van der Waals surface area (Å²) < 4.78 is 40.0. The lowest BCUT2D eigenvalue weighted by atomic mass is 10.0. The van der Waals surface area contributed by atoms with Gasteiger partial charge in [0.15, 0.2) is 0 Å². The Labute approximate surface area is 231 Å². The molecule has 0 unspecified atom stereocenters. The number of alkyl halides is 3. The maximum Gasteiger partial charge on any atom is 0.396 e. The molecular formula is C29H34F3N7O. The topological polar surface area (TPSA) is 79.2 Å². The van der Waals surface area contributed by atoms with E-state index >= 15 is 0 Å². The van der Waals surface area contributed by atoms with Crippen molar-refractivity contribution in [1.29, 1.82) is 0 Å². The average molecular weight is 554 g/mol. The van der Waals surface area contributed by atoms with Crippen LogP contribution in [0.1, 0.15) is 33.1 Å². The van der Waals surface area contributed by atoms with Gasteiger partial charge in [0.25, 0.3) is 5.91 Å². The number of anilines is 1. The Morgan fingerprint density at radius 2 is 1.75 bits per heavy atom. The van der Waals surface area contributed by atoms with E-state index in [9.17, 15) is 18.0 Å². The SMILES string of the molecule is Cc1ccc2nc(-c3ccc(NCCN(C)C)c(C)n3)cc(C(=O)N(C)Cc3cn(C)c(CC(F)(F)F)n3)c2c1. The molecule has 1 amide bonds. The molecule has 0 saturated heterocycles. The second kappa shape index (κ2) is 11.6. The lowest BCUT2D eigenvalue weighted by molar-refractivity contribution is -0.128. The maximum atomic E-state index is 13.7. The standard InChI is InChI=1S/C29H34F3N7O/c1-18-7-8-24-21(13-18)22(28(40)39(6)17-20-16-38(5)27(35-20)15-29(30,31)32)14-26(36-24)25-10-9-23(19(2)34-25)33-11-12-37(3)4/h7-10,13-14,16,33H,11-12,15,17H2,1-6H3. The van der Waals surface area contributed by atoms with Crippen LogP contribution >= 0.6 is 0 Å². The average Bonchev–Trinajstić information content (AvgIpc) is 3.20. The number of imidazole rings is 1. The molecule has 0 aliphatic carbocycles. The van der Waals surface area contributed by atoms with Crippen molar-refractivity contribution in [3.63, 3.8) is 0 Å². The molecule has 1 aromatic carbocycles. The van der Waals surface area contributed by atoms with Gasteiger partial charge in [-0.3, -0.25) is 4.79 Å². The summed E-state index contributed by atoms with van der Waals surface area (Å²) in [7, 11) is 7.16. The number of aromatic nitrogens is 4. The highest BCUT2D eigenvalue weighted by molar-refractivity contribution is 6.07. The number of amides is 1. The monoisotopic (exact) mass is 553 g/mol. The molecule has 40 heavy (non-hydrogen) atoms. The molecule has 0 spiro atoms. The highest BCUT2D eigenvalue weighted by Crippen LogP contribution is 2.28. The minimum absolute atomic E-state index is 0.0557. The molecule has 3 heterocycles. The van der Waals surface area contributed by atoms with Crippen molar-refractivity contribution in [2.45, 2.75) is 33.0 Å². The number of halogens is 3. The van der Waals surface area contributed by atoms with Gasteiger partial charge in [-0.15, -0.1) is 0 Å². The number of likely N-dealkylation sites (N-methyl/N-ethyl adjacent to an activating group) is 1. The van der Waals surface area contributed by atoms with Gasteiger partial charge in [0.1, 0.15) is 12.2 Å². The summed E-state index contributed by atoms with van der Waals surface area (Å²) >= 11 is 0. The summed E-state index contributed by atoms with van der Waals surface area (Å²) in [4.78, 5) is 30.9. The van der Waals surface area contributed by atoms with Gasteiger partial charge in [-0.1, -0.05) is 11.6 Å². The highest BCUT2D eigenvalue weighted by Gasteiger charge is 2.30. The first-order valence-electron chi connectivity index (χ1n) is 12.9. The quantitative estimate of drug-likeness (QED) is 0.314. The van der Waals surface area contributed by atoms with Gasteiger partial charge in [-0.05, 0) is 58.3 Å². The summed E-state index contributed by atoms with van der Waals surface area (Å²) in [5, 5.41) is 4.08. The summed E-state index contributed by atoms with van der Waals surface area (Å²) in [5.74, 6) is -0.391. The van der Waals surface area contributed by atoms with Crippen LogP contribution in [0.2, 0.25) is 0 Å². The molecule has 4 rings (SSSR count). The van der Waals surface area contributed by atoms with Gasteiger partial charge < -0.3 is 19.7 Å². The molecule has 0 radical (unpaired) electrons. The van der Waals surface area contributed by atoms with Crippen molar-refractivity contribution >= 4 is 22.5 Å². The molecule has 3 aromatic heterocycles.